The van der Waals surface area contributed by atoms with E-state index >= 15 is 0 Å². The molecule has 29 heavy (non-hydrogen) atoms. The summed E-state index contributed by atoms with van der Waals surface area (Å²) in [5.74, 6) is 2.88. The van der Waals surface area contributed by atoms with Crippen LogP contribution in [0.15, 0.2) is 23.2 Å². The first-order chi connectivity index (χ1) is 13.8. The molecule has 8 heteroatoms. The van der Waals surface area contributed by atoms with Gasteiger partial charge in [-0.3, -0.25) is 4.99 Å². The molecule has 0 bridgehead atoms. The summed E-state index contributed by atoms with van der Waals surface area (Å²) in [4.78, 5) is 4.32. The van der Waals surface area contributed by atoms with Crippen LogP contribution >= 0.6 is 0 Å². The molecule has 162 valence electrons. The molecule has 7 nitrogen and oxygen atoms in total. The van der Waals surface area contributed by atoms with Gasteiger partial charge in [0.1, 0.15) is 5.75 Å². The van der Waals surface area contributed by atoms with E-state index in [1.165, 1.54) is 24.7 Å². The fourth-order valence-corrected chi connectivity index (χ4v) is 4.39. The summed E-state index contributed by atoms with van der Waals surface area (Å²) in [5, 5.41) is 6.76. The smallest absolute Gasteiger partial charge is 0.211 e. The third-order valence-electron chi connectivity index (χ3n) is 5.66. The largest absolute Gasteiger partial charge is 0.493 e. The van der Waals surface area contributed by atoms with Gasteiger partial charge in [-0.2, -0.15) is 0 Å². The molecule has 2 N–H and O–H groups in total. The number of guanidine groups is 1. The molecule has 0 aromatic heterocycles. The number of aryl methyl sites for hydroxylation is 1. The van der Waals surface area contributed by atoms with Gasteiger partial charge in [0, 0.05) is 38.8 Å². The van der Waals surface area contributed by atoms with Crippen molar-refractivity contribution in [1.29, 1.82) is 0 Å². The van der Waals surface area contributed by atoms with Crippen molar-refractivity contribution < 1.29 is 13.2 Å². The molecule has 2 fully saturated rings. The highest BCUT2D eigenvalue weighted by Gasteiger charge is 2.25. The number of sulfonamides is 1. The van der Waals surface area contributed by atoms with Gasteiger partial charge in [-0.1, -0.05) is 12.1 Å². The zero-order chi connectivity index (χ0) is 20.9. The van der Waals surface area contributed by atoms with Crippen LogP contribution in [0.25, 0.3) is 0 Å². The lowest BCUT2D eigenvalue weighted by atomic mass is 9.98. The zero-order valence-corrected chi connectivity index (χ0v) is 18.6. The molecule has 0 amide bonds. The minimum absolute atomic E-state index is 0.448. The van der Waals surface area contributed by atoms with Gasteiger partial charge in [0.25, 0.3) is 0 Å². The van der Waals surface area contributed by atoms with E-state index in [-0.39, 0.29) is 0 Å². The van der Waals surface area contributed by atoms with Crippen molar-refractivity contribution in [3.8, 4) is 5.75 Å². The molecule has 1 aliphatic carbocycles. The predicted octanol–water partition coefficient (Wildman–Crippen LogP) is 2.12. The molecular weight excluding hydrogens is 388 g/mol. The predicted molar refractivity (Wildman–Crippen MR) is 117 cm³/mol. The van der Waals surface area contributed by atoms with Crippen LogP contribution in [0.2, 0.25) is 0 Å². The van der Waals surface area contributed by atoms with Crippen molar-refractivity contribution in [3.63, 3.8) is 0 Å². The maximum atomic E-state index is 11.6. The molecule has 0 unspecified atom stereocenters. The Kier molecular flexibility index (Phi) is 7.40. The van der Waals surface area contributed by atoms with Crippen LogP contribution in [0.1, 0.15) is 36.8 Å². The number of benzene rings is 1. The van der Waals surface area contributed by atoms with Gasteiger partial charge in [0.05, 0.1) is 12.9 Å². The van der Waals surface area contributed by atoms with E-state index in [1.807, 2.05) is 0 Å². The second-order valence-electron chi connectivity index (χ2n) is 8.28. The summed E-state index contributed by atoms with van der Waals surface area (Å²) in [6, 6.07) is 6.32. The van der Waals surface area contributed by atoms with E-state index < -0.39 is 10.0 Å². The Morgan fingerprint density at radius 2 is 1.90 bits per heavy atom. The molecule has 1 aliphatic heterocycles. The highest BCUT2D eigenvalue weighted by molar-refractivity contribution is 7.88. The van der Waals surface area contributed by atoms with Crippen LogP contribution < -0.4 is 15.4 Å². The molecule has 1 aromatic carbocycles. The monoisotopic (exact) mass is 422 g/mol. The van der Waals surface area contributed by atoms with E-state index in [2.05, 4.69) is 40.7 Å². The number of piperidine rings is 1. The lowest BCUT2D eigenvalue weighted by Gasteiger charge is -2.30. The van der Waals surface area contributed by atoms with Crippen molar-refractivity contribution in [1.82, 2.24) is 14.9 Å². The first kappa shape index (κ1) is 21.9. The van der Waals surface area contributed by atoms with Gasteiger partial charge < -0.3 is 15.4 Å². The number of hydrogen-bond donors (Lipinski definition) is 2. The van der Waals surface area contributed by atoms with Gasteiger partial charge in [-0.25, -0.2) is 12.7 Å². The average molecular weight is 423 g/mol. The molecule has 0 radical (unpaired) electrons. The topological polar surface area (TPSA) is 83.0 Å². The Bertz CT molecular complexity index is 813. The van der Waals surface area contributed by atoms with Crippen molar-refractivity contribution in [2.45, 2.75) is 39.2 Å². The van der Waals surface area contributed by atoms with E-state index in [0.717, 1.165) is 49.2 Å². The Morgan fingerprint density at radius 1 is 1.17 bits per heavy atom. The molecular formula is C21H34N4O3S. The molecule has 0 atom stereocenters. The Hall–Kier alpha value is -1.80. The summed E-state index contributed by atoms with van der Waals surface area (Å²) >= 11 is 0. The first-order valence-electron chi connectivity index (χ1n) is 10.5. The maximum absolute atomic E-state index is 11.6. The Balaban J connectivity index is 1.46. The lowest BCUT2D eigenvalue weighted by molar-refractivity contribution is 0.274. The highest BCUT2D eigenvalue weighted by atomic mass is 32.2. The highest BCUT2D eigenvalue weighted by Crippen LogP contribution is 2.30. The number of nitrogens with one attached hydrogen (secondary N) is 2. The summed E-state index contributed by atoms with van der Waals surface area (Å²) in [7, 11) is -1.31. The van der Waals surface area contributed by atoms with Crippen molar-refractivity contribution >= 4 is 16.0 Å². The first-order valence-corrected chi connectivity index (χ1v) is 12.3. The van der Waals surface area contributed by atoms with Crippen LogP contribution in [0.5, 0.6) is 5.75 Å². The summed E-state index contributed by atoms with van der Waals surface area (Å²) in [6.07, 6.45) is 5.57. The molecule has 2 aliphatic rings. The normalized spacial score (nSPS) is 19.2. The Morgan fingerprint density at radius 3 is 2.52 bits per heavy atom. The minimum atomic E-state index is -3.07. The summed E-state index contributed by atoms with van der Waals surface area (Å²) in [5.41, 5.74) is 2.32. The standard InChI is InChI=1S/C21H34N4O3S/c1-16-4-7-19(20(12-16)28-15-18-5-6-18)14-24-21(22-2)23-13-17-8-10-25(11-9-17)29(3,26)27/h4,7,12,17-18H,5-6,8-11,13-15H2,1-3H3,(H2,22,23,24). The number of aliphatic imine (C=N–C) groups is 1. The SMILES string of the molecule is CN=C(NCc1ccc(C)cc1OCC1CC1)NCC1CCN(S(C)(=O)=O)CC1. The van der Waals surface area contributed by atoms with Crippen LogP contribution in [0.3, 0.4) is 0 Å². The molecule has 1 saturated heterocycles. The Labute approximate surface area is 175 Å². The quantitative estimate of drug-likeness (QED) is 0.495. The molecule has 0 spiro atoms. The zero-order valence-electron chi connectivity index (χ0n) is 17.8. The number of rotatable bonds is 8. The van der Waals surface area contributed by atoms with Crippen molar-refractivity contribution in [2.75, 3.05) is 39.5 Å². The average Bonchev–Trinajstić information content (AvgIpc) is 3.52. The van der Waals surface area contributed by atoms with Gasteiger partial charge in [0.15, 0.2) is 5.96 Å². The molecule has 1 saturated carbocycles. The minimum Gasteiger partial charge on any atom is -0.493 e. The van der Waals surface area contributed by atoms with Crippen molar-refractivity contribution in [3.05, 3.63) is 29.3 Å². The van der Waals surface area contributed by atoms with E-state index in [0.29, 0.717) is 25.6 Å². The van der Waals surface area contributed by atoms with Crippen LogP contribution in [0.4, 0.5) is 0 Å². The fourth-order valence-electron chi connectivity index (χ4n) is 3.52. The van der Waals surface area contributed by atoms with Crippen LogP contribution in [-0.2, 0) is 16.6 Å². The van der Waals surface area contributed by atoms with Gasteiger partial charge in [-0.15, -0.1) is 0 Å². The molecule has 3 rings (SSSR count). The number of ether oxygens (including phenoxy) is 1. The van der Waals surface area contributed by atoms with E-state index in [1.54, 1.807) is 11.4 Å². The maximum Gasteiger partial charge on any atom is 0.211 e. The third kappa shape index (κ3) is 6.89. The molecule has 1 heterocycles. The van der Waals surface area contributed by atoms with Crippen LogP contribution in [0, 0.1) is 18.8 Å². The second kappa shape index (κ2) is 9.80. The number of nitrogens with zero attached hydrogens (tertiary/aromatic N) is 2. The fraction of sp³-hybridized carbons (Fsp3) is 0.667. The molecule has 1 aromatic rings. The lowest BCUT2D eigenvalue weighted by Crippen LogP contribution is -2.43. The van der Waals surface area contributed by atoms with E-state index in [9.17, 15) is 8.42 Å². The number of hydrogen-bond acceptors (Lipinski definition) is 4. The second-order valence-corrected chi connectivity index (χ2v) is 10.3. The van der Waals surface area contributed by atoms with E-state index in [4.69, 9.17) is 4.74 Å². The third-order valence-corrected chi connectivity index (χ3v) is 6.97. The van der Waals surface area contributed by atoms with Gasteiger partial charge >= 0.3 is 0 Å². The van der Waals surface area contributed by atoms with Gasteiger partial charge in [-0.05, 0) is 56.1 Å². The van der Waals surface area contributed by atoms with Gasteiger partial charge in [0.2, 0.25) is 10.0 Å². The van der Waals surface area contributed by atoms with Crippen molar-refractivity contribution in [2.24, 2.45) is 16.8 Å². The summed E-state index contributed by atoms with van der Waals surface area (Å²) < 4.78 is 30.9. The summed E-state index contributed by atoms with van der Waals surface area (Å²) in [6.45, 7) is 5.51. The van der Waals surface area contributed by atoms with Crippen LogP contribution in [-0.4, -0.2) is 58.2 Å².